The zero-order chi connectivity index (χ0) is 26.3. The molecule has 0 saturated carbocycles. The number of rotatable bonds is 5. The van der Waals surface area contributed by atoms with Gasteiger partial charge in [-0.15, -0.1) is 0 Å². The molecule has 0 radical (unpaired) electrons. The Morgan fingerprint density at radius 2 is 1.83 bits per heavy atom. The van der Waals surface area contributed by atoms with Crippen molar-refractivity contribution in [3.8, 4) is 11.1 Å². The minimum Gasteiger partial charge on any atom is -0.352 e. The minimum absolute atomic E-state index is 0.000465. The third-order valence-corrected chi connectivity index (χ3v) is 6.23. The lowest BCUT2D eigenvalue weighted by atomic mass is 9.88. The lowest BCUT2D eigenvalue weighted by Gasteiger charge is -2.43. The fourth-order valence-corrected chi connectivity index (χ4v) is 4.39. The lowest BCUT2D eigenvalue weighted by Crippen LogP contribution is -2.57. The van der Waals surface area contributed by atoms with E-state index < -0.39 is 48.5 Å². The summed E-state index contributed by atoms with van der Waals surface area (Å²) in [5, 5.41) is 7.51. The van der Waals surface area contributed by atoms with E-state index in [0.29, 0.717) is 28.5 Å². The molecular weight excluding hydrogens is 507 g/mol. The molecule has 0 unspecified atom stereocenters. The number of likely N-dealkylation sites (tertiary alicyclic amines) is 1. The molecule has 1 saturated heterocycles. The van der Waals surface area contributed by atoms with Crippen LogP contribution in [-0.2, 0) is 13.2 Å². The van der Waals surface area contributed by atoms with Crippen molar-refractivity contribution in [2.75, 3.05) is 18.4 Å². The van der Waals surface area contributed by atoms with Crippen LogP contribution in [0.5, 0.6) is 0 Å². The number of hydrogen-bond acceptors (Lipinski definition) is 5. The quantitative estimate of drug-likeness (QED) is 0.464. The van der Waals surface area contributed by atoms with Gasteiger partial charge < -0.3 is 10.2 Å². The van der Waals surface area contributed by atoms with Crippen LogP contribution in [0.25, 0.3) is 11.1 Å². The highest BCUT2D eigenvalue weighted by molar-refractivity contribution is 6.30. The number of amides is 1. The molecular formula is C23H22ClF5N6O. The number of alkyl halides is 5. The van der Waals surface area contributed by atoms with Gasteiger partial charge in [0.15, 0.2) is 5.69 Å². The molecule has 1 aliphatic rings. The largest absolute Gasteiger partial charge is 0.419 e. The summed E-state index contributed by atoms with van der Waals surface area (Å²) in [6.07, 6.45) is -2.17. The van der Waals surface area contributed by atoms with E-state index in [1.165, 1.54) is 4.68 Å². The first kappa shape index (κ1) is 25.8. The predicted octanol–water partition coefficient (Wildman–Crippen LogP) is 5.15. The van der Waals surface area contributed by atoms with Crippen molar-refractivity contribution in [2.45, 2.75) is 31.5 Å². The molecule has 1 amide bonds. The van der Waals surface area contributed by atoms with Gasteiger partial charge in [0.1, 0.15) is 0 Å². The van der Waals surface area contributed by atoms with Gasteiger partial charge in [-0.25, -0.2) is 18.7 Å². The van der Waals surface area contributed by atoms with Gasteiger partial charge in [-0.2, -0.15) is 18.3 Å². The van der Waals surface area contributed by atoms with Crippen LogP contribution in [0.1, 0.15) is 29.4 Å². The average molecular weight is 529 g/mol. The number of piperidine rings is 1. The zero-order valence-corrected chi connectivity index (χ0v) is 20.0. The van der Waals surface area contributed by atoms with Crippen LogP contribution in [0.4, 0.5) is 27.9 Å². The SMILES string of the molecule is C[C@@H]1CC(F)(F)CN(C(=O)c2nn(C)cc2-c2ccc(Cl)cc2)[C@@H]1CNc1ncc(C(F)(F)F)cn1. The Morgan fingerprint density at radius 1 is 1.19 bits per heavy atom. The van der Waals surface area contributed by atoms with Crippen LogP contribution in [-0.4, -0.2) is 55.6 Å². The maximum Gasteiger partial charge on any atom is 0.419 e. The highest BCUT2D eigenvalue weighted by Crippen LogP contribution is 2.36. The topological polar surface area (TPSA) is 75.9 Å². The van der Waals surface area contributed by atoms with Crippen LogP contribution in [0.2, 0.25) is 5.02 Å². The van der Waals surface area contributed by atoms with Gasteiger partial charge >= 0.3 is 6.18 Å². The van der Waals surface area contributed by atoms with Crippen LogP contribution in [0.3, 0.4) is 0 Å². The van der Waals surface area contributed by atoms with Crippen molar-refractivity contribution >= 4 is 23.5 Å². The Morgan fingerprint density at radius 3 is 2.44 bits per heavy atom. The van der Waals surface area contributed by atoms with Gasteiger partial charge in [-0.3, -0.25) is 9.48 Å². The van der Waals surface area contributed by atoms with Crippen molar-refractivity contribution in [3.63, 3.8) is 0 Å². The van der Waals surface area contributed by atoms with Crippen LogP contribution in [0.15, 0.2) is 42.9 Å². The Balaban J connectivity index is 1.60. The van der Waals surface area contributed by atoms with Crippen molar-refractivity contribution in [3.05, 3.63) is 59.1 Å². The third kappa shape index (κ3) is 5.58. The Labute approximate surface area is 208 Å². The molecule has 4 rings (SSSR count). The second-order valence-electron chi connectivity index (χ2n) is 8.78. The molecule has 0 spiro atoms. The second kappa shape index (κ2) is 9.64. The number of carbonyl (C=O) groups is 1. The maximum absolute atomic E-state index is 14.6. The molecule has 1 aliphatic heterocycles. The summed E-state index contributed by atoms with van der Waals surface area (Å²) in [7, 11) is 1.62. The van der Waals surface area contributed by atoms with E-state index >= 15 is 0 Å². The number of hydrogen-bond donors (Lipinski definition) is 1. The second-order valence-corrected chi connectivity index (χ2v) is 9.22. The molecule has 0 bridgehead atoms. The summed E-state index contributed by atoms with van der Waals surface area (Å²) in [5.74, 6) is -4.56. The number of carbonyl (C=O) groups excluding carboxylic acids is 1. The summed E-state index contributed by atoms with van der Waals surface area (Å²) in [5.41, 5.74) is 0.0832. The fraction of sp³-hybridized carbons (Fsp3) is 0.391. The van der Waals surface area contributed by atoms with Gasteiger partial charge in [0.2, 0.25) is 5.95 Å². The van der Waals surface area contributed by atoms with E-state index in [2.05, 4.69) is 20.4 Å². The minimum atomic E-state index is -4.59. The molecule has 0 aliphatic carbocycles. The summed E-state index contributed by atoms with van der Waals surface area (Å²) in [6.45, 7) is 0.719. The number of nitrogens with zero attached hydrogens (tertiary/aromatic N) is 5. The van der Waals surface area contributed by atoms with Gasteiger partial charge in [0.05, 0.1) is 18.2 Å². The first-order valence-electron chi connectivity index (χ1n) is 11.0. The Hall–Kier alpha value is -3.28. The number of aromatic nitrogens is 4. The molecule has 36 heavy (non-hydrogen) atoms. The van der Waals surface area contributed by atoms with Crippen LogP contribution < -0.4 is 5.32 Å². The molecule has 192 valence electrons. The molecule has 3 heterocycles. The van der Waals surface area contributed by atoms with E-state index in [-0.39, 0.29) is 18.2 Å². The molecule has 1 N–H and O–H groups in total. The van der Waals surface area contributed by atoms with E-state index in [0.717, 1.165) is 4.90 Å². The molecule has 2 atom stereocenters. The van der Waals surface area contributed by atoms with Crippen molar-refractivity contribution in [1.29, 1.82) is 0 Å². The van der Waals surface area contributed by atoms with E-state index in [9.17, 15) is 26.7 Å². The standard InChI is InChI=1S/C23H22ClF5N6O/c1-13-7-22(25,26)12-35(18(13)10-32-21-30-8-15(9-31-21)23(27,28)29)20(36)19-17(11-34(2)33-19)14-3-5-16(24)6-4-14/h3-6,8-9,11,13,18H,7,10,12H2,1-2H3,(H,30,31,32)/t13-,18-/m1/s1. The van der Waals surface area contributed by atoms with E-state index in [1.54, 1.807) is 44.4 Å². The Bertz CT molecular complexity index is 1230. The normalized spacial score (nSPS) is 19.8. The third-order valence-electron chi connectivity index (χ3n) is 5.98. The average Bonchev–Trinajstić information content (AvgIpc) is 3.19. The molecule has 1 fully saturated rings. The van der Waals surface area contributed by atoms with Crippen LogP contribution >= 0.6 is 11.6 Å². The number of halogens is 6. The molecule has 7 nitrogen and oxygen atoms in total. The summed E-state index contributed by atoms with van der Waals surface area (Å²) in [4.78, 5) is 22.0. The first-order valence-corrected chi connectivity index (χ1v) is 11.3. The van der Waals surface area contributed by atoms with E-state index in [4.69, 9.17) is 11.6 Å². The molecule has 13 heteroatoms. The number of aryl methyl sites for hydroxylation is 1. The maximum atomic E-state index is 14.6. The van der Waals surface area contributed by atoms with Gasteiger partial charge in [0.25, 0.3) is 11.8 Å². The number of nitrogens with one attached hydrogen (secondary N) is 1. The Kier molecular flexibility index (Phi) is 6.91. The van der Waals surface area contributed by atoms with Gasteiger partial charge in [0, 0.05) is 49.2 Å². The summed E-state index contributed by atoms with van der Waals surface area (Å²) < 4.78 is 68.9. The molecule has 2 aromatic heterocycles. The monoisotopic (exact) mass is 528 g/mol. The number of anilines is 1. The zero-order valence-electron chi connectivity index (χ0n) is 19.2. The number of benzene rings is 1. The lowest BCUT2D eigenvalue weighted by molar-refractivity contribution is -0.138. The molecule has 3 aromatic rings. The van der Waals surface area contributed by atoms with Gasteiger partial charge in [-0.1, -0.05) is 30.7 Å². The summed E-state index contributed by atoms with van der Waals surface area (Å²) >= 11 is 5.96. The van der Waals surface area contributed by atoms with Crippen molar-refractivity contribution in [2.24, 2.45) is 13.0 Å². The van der Waals surface area contributed by atoms with Crippen molar-refractivity contribution < 1.29 is 26.7 Å². The smallest absolute Gasteiger partial charge is 0.352 e. The predicted molar refractivity (Wildman–Crippen MR) is 123 cm³/mol. The van der Waals surface area contributed by atoms with Crippen LogP contribution in [0, 0.1) is 5.92 Å². The first-order chi connectivity index (χ1) is 16.8. The molecule has 1 aromatic carbocycles. The highest BCUT2D eigenvalue weighted by atomic mass is 35.5. The van der Waals surface area contributed by atoms with Gasteiger partial charge in [-0.05, 0) is 23.6 Å². The fourth-order valence-electron chi connectivity index (χ4n) is 4.26. The van der Waals surface area contributed by atoms with Crippen molar-refractivity contribution in [1.82, 2.24) is 24.6 Å². The van der Waals surface area contributed by atoms with E-state index in [1.807, 2.05) is 0 Å². The summed E-state index contributed by atoms with van der Waals surface area (Å²) in [6, 6.07) is 5.97. The highest BCUT2D eigenvalue weighted by Gasteiger charge is 2.47.